The van der Waals surface area contributed by atoms with Gasteiger partial charge in [-0.2, -0.15) is 0 Å². The fourth-order valence-electron chi connectivity index (χ4n) is 0.750. The van der Waals surface area contributed by atoms with Gasteiger partial charge in [0, 0.05) is 0 Å². The van der Waals surface area contributed by atoms with Crippen molar-refractivity contribution < 1.29 is 0 Å². The van der Waals surface area contributed by atoms with Gasteiger partial charge in [-0.15, -0.1) is 0 Å². The Bertz CT molecular complexity index is 34.5. The molecule has 0 aromatic rings. The van der Waals surface area contributed by atoms with Crippen LogP contribution < -0.4 is 0 Å². The van der Waals surface area contributed by atoms with Gasteiger partial charge in [-0.1, -0.05) is 0 Å². The van der Waals surface area contributed by atoms with Gasteiger partial charge in [0.05, 0.1) is 0 Å². The number of rotatable bonds is 3. The van der Waals surface area contributed by atoms with Gasteiger partial charge in [0.2, 0.25) is 0 Å². The molecule has 0 saturated heterocycles. The summed E-state index contributed by atoms with van der Waals surface area (Å²) in [6, 6.07) is 0. The summed E-state index contributed by atoms with van der Waals surface area (Å²) in [5, 5.41) is 4.56. The first-order valence-corrected chi connectivity index (χ1v) is 9.75. The van der Waals surface area contributed by atoms with Crippen LogP contribution in [0.1, 0.15) is 20.8 Å². The Labute approximate surface area is 80.0 Å². The monoisotopic (exact) mass is 248 g/mol. The Morgan fingerprint density at radius 1 is 1.00 bits per heavy atom. The number of hydrogen-bond acceptors (Lipinski definition) is 0. The summed E-state index contributed by atoms with van der Waals surface area (Å²) in [7, 11) is 0. The molecule has 0 aliphatic carbocycles. The summed E-state index contributed by atoms with van der Waals surface area (Å²) in [5.41, 5.74) is 0. The number of hydrogen-bond donors (Lipinski definition) is 0. The van der Waals surface area contributed by atoms with E-state index in [0.29, 0.717) is 0 Å². The van der Waals surface area contributed by atoms with Crippen molar-refractivity contribution in [3.05, 3.63) is 0 Å². The molecule has 0 heterocycles. The Morgan fingerprint density at radius 2 is 1.22 bits per heavy atom. The van der Waals surface area contributed by atoms with Crippen LogP contribution in [0, 0.1) is 0 Å². The Hall–Kier alpha value is 1.66. The average Bonchev–Trinajstić information content (AvgIpc) is 1.96. The van der Waals surface area contributed by atoms with E-state index in [-0.39, 0.29) is 0 Å². The predicted octanol–water partition coefficient (Wildman–Crippen LogP) is 1.78. The maximum atomic E-state index is 2.62. The Morgan fingerprint density at radius 3 is 1.22 bits per heavy atom. The van der Waals surface area contributed by atoms with Gasteiger partial charge in [0.1, 0.15) is 0 Å². The van der Waals surface area contributed by atoms with Crippen molar-refractivity contribution in [1.82, 2.24) is 0 Å². The predicted molar refractivity (Wildman–Crippen MR) is 48.7 cm³/mol. The van der Waals surface area contributed by atoms with Gasteiger partial charge in [-0.3, -0.25) is 0 Å². The molecule has 0 aliphatic rings. The molecule has 0 bridgehead atoms. The van der Waals surface area contributed by atoms with Crippen molar-refractivity contribution in [2.45, 2.75) is 36.5 Å². The molecule has 3 heteroatoms. The van der Waals surface area contributed by atoms with E-state index >= 15 is 0 Å². The molecule has 9 heavy (non-hydrogen) atoms. The summed E-state index contributed by atoms with van der Waals surface area (Å²) in [4.78, 5) is 0. The van der Waals surface area contributed by atoms with E-state index in [9.17, 15) is 0 Å². The third kappa shape index (κ3) is 9.66. The van der Waals surface area contributed by atoms with E-state index < -0.39 is 14.3 Å². The fourth-order valence-corrected chi connectivity index (χ4v) is 3.90. The van der Waals surface area contributed by atoms with Crippen molar-refractivity contribution in [1.29, 1.82) is 0 Å². The van der Waals surface area contributed by atoms with E-state index in [2.05, 4.69) is 34.6 Å². The topological polar surface area (TPSA) is 0 Å². The van der Waals surface area contributed by atoms with Crippen molar-refractivity contribution in [2.24, 2.45) is 0 Å². The zero-order valence-electron chi connectivity index (χ0n) is 7.03. The molecule has 0 aromatic carbocycles. The molecule has 0 fully saturated rings. The molecule has 0 atom stereocenters. The summed E-state index contributed by atoms with van der Waals surface area (Å²) in [5.74, 6) is 0. The second-order valence-electron chi connectivity index (χ2n) is 1.81. The van der Waals surface area contributed by atoms with Crippen LogP contribution >= 0.6 is 0 Å². The quantitative estimate of drug-likeness (QED) is 0.665. The molecule has 50 valence electrons. The van der Waals surface area contributed by atoms with E-state index in [1.54, 1.807) is 0 Å². The first-order valence-electron chi connectivity index (χ1n) is 3.59. The van der Waals surface area contributed by atoms with Crippen LogP contribution in [0.3, 0.4) is 0 Å². The Kier molecular flexibility index (Phi) is 18.2. The third-order valence-corrected chi connectivity index (χ3v) is 7.79. The molecule has 0 N–H and O–H groups in total. The standard InChI is InChI=1S/C6H15Ge.Li.Se/c1-4-7(5-2)6-3;;/h4-6H2,1-3H3;;. The van der Waals surface area contributed by atoms with Crippen molar-refractivity contribution in [3.63, 3.8) is 0 Å². The van der Waals surface area contributed by atoms with Crippen LogP contribution in [-0.4, -0.2) is 43.9 Å². The van der Waals surface area contributed by atoms with Crippen LogP contribution in [0.25, 0.3) is 0 Å². The van der Waals surface area contributed by atoms with Gasteiger partial charge in [0.25, 0.3) is 0 Å². The zero-order chi connectivity index (χ0) is 7.70. The molecule has 0 aliphatic heterocycles. The summed E-state index contributed by atoms with van der Waals surface area (Å²) < 4.78 is 0. The second kappa shape index (κ2) is 12.3. The molecular weight excluding hydrogens is 231 g/mol. The van der Waals surface area contributed by atoms with E-state index in [1.807, 2.05) is 15.8 Å². The van der Waals surface area contributed by atoms with Crippen LogP contribution in [0.5, 0.6) is 0 Å². The second-order valence-corrected chi connectivity index (χ2v) is 9.41. The SMILES string of the molecule is C[CH2][Ge]([CH2]C)[CH2]C.[Li][Se]. The van der Waals surface area contributed by atoms with Gasteiger partial charge < -0.3 is 0 Å². The van der Waals surface area contributed by atoms with Gasteiger partial charge in [-0.05, 0) is 0 Å². The fraction of sp³-hybridized carbons (Fsp3) is 1.00. The molecule has 0 rings (SSSR count). The first kappa shape index (κ1) is 13.3. The molecule has 2 radical (unpaired) electrons. The third-order valence-electron chi connectivity index (χ3n) is 1.50. The normalized spacial score (nSPS) is 8.78. The first-order chi connectivity index (χ1) is 4.35. The molecule has 0 amide bonds. The van der Waals surface area contributed by atoms with E-state index in [0.717, 1.165) is 0 Å². The van der Waals surface area contributed by atoms with Gasteiger partial charge >= 0.3 is 80.5 Å². The van der Waals surface area contributed by atoms with E-state index in [1.165, 1.54) is 15.8 Å². The molecule has 0 nitrogen and oxygen atoms in total. The molecule has 0 unspecified atom stereocenters. The van der Waals surface area contributed by atoms with Crippen molar-refractivity contribution >= 4 is 43.9 Å². The summed E-state index contributed by atoms with van der Waals surface area (Å²) in [6.07, 6.45) is 0. The Balaban J connectivity index is 0. The van der Waals surface area contributed by atoms with Crippen LogP contribution in [-0.2, 0) is 0 Å². The maximum absolute atomic E-state index is 2.62. The zero-order valence-corrected chi connectivity index (χ0v) is 10.8. The van der Waals surface area contributed by atoms with Crippen LogP contribution in [0.2, 0.25) is 15.8 Å². The van der Waals surface area contributed by atoms with Crippen LogP contribution in [0.4, 0.5) is 0 Å². The average molecular weight is 246 g/mol. The van der Waals surface area contributed by atoms with Gasteiger partial charge in [0.15, 0.2) is 0 Å². The summed E-state index contributed by atoms with van der Waals surface area (Å²) >= 11 is 4.10. The summed E-state index contributed by atoms with van der Waals surface area (Å²) in [6.45, 7) is 7.01. The minimum atomic E-state index is -0.403. The molecule has 0 saturated carbocycles. The van der Waals surface area contributed by atoms with Crippen molar-refractivity contribution in [2.75, 3.05) is 0 Å². The molecular formula is C6H15GeLiSe. The van der Waals surface area contributed by atoms with Crippen molar-refractivity contribution in [3.8, 4) is 0 Å². The minimum absolute atomic E-state index is 0.403. The molecule has 0 spiro atoms. The molecule has 0 aromatic heterocycles. The van der Waals surface area contributed by atoms with E-state index in [4.69, 9.17) is 0 Å². The van der Waals surface area contributed by atoms with Crippen LogP contribution in [0.15, 0.2) is 0 Å². The van der Waals surface area contributed by atoms with Gasteiger partial charge in [-0.25, -0.2) is 0 Å².